The molecule has 2 aliphatic carbocycles. The number of hydrogen-bond acceptors (Lipinski definition) is 3. The first kappa shape index (κ1) is 15.8. The molecule has 3 fully saturated rings. The topological polar surface area (TPSA) is 18.5 Å². The highest BCUT2D eigenvalue weighted by molar-refractivity contribution is 4.92. The lowest BCUT2D eigenvalue weighted by atomic mass is 9.69. The van der Waals surface area contributed by atoms with Crippen molar-refractivity contribution in [1.82, 2.24) is 15.1 Å². The molecule has 0 aromatic rings. The van der Waals surface area contributed by atoms with Gasteiger partial charge in [0.05, 0.1) is 0 Å². The monoisotopic (exact) mass is 293 g/mol. The van der Waals surface area contributed by atoms with E-state index >= 15 is 0 Å². The molecule has 21 heavy (non-hydrogen) atoms. The van der Waals surface area contributed by atoms with Crippen LogP contribution in [-0.4, -0.2) is 61.7 Å². The van der Waals surface area contributed by atoms with Crippen molar-refractivity contribution >= 4 is 0 Å². The first-order valence-electron chi connectivity index (χ1n) is 9.38. The van der Waals surface area contributed by atoms with Gasteiger partial charge < -0.3 is 10.2 Å². The molecule has 0 aromatic heterocycles. The standard InChI is InChI=1S/C18H35N3/c1-3-19-14-18(8-4-5-16(2)13-18)15-20-9-11-21(12-10-20)17-6-7-17/h16-17,19H,3-15H2,1-2H3. The molecular formula is C18H35N3. The second kappa shape index (κ2) is 6.97. The van der Waals surface area contributed by atoms with E-state index in [1.165, 1.54) is 77.8 Å². The molecule has 0 aromatic carbocycles. The van der Waals surface area contributed by atoms with Crippen LogP contribution >= 0.6 is 0 Å². The Morgan fingerprint density at radius 1 is 1.10 bits per heavy atom. The summed E-state index contributed by atoms with van der Waals surface area (Å²) in [6.45, 7) is 13.6. The number of hydrogen-bond donors (Lipinski definition) is 1. The molecule has 3 heteroatoms. The van der Waals surface area contributed by atoms with Gasteiger partial charge in [0.2, 0.25) is 0 Å². The molecule has 1 heterocycles. The fourth-order valence-electron chi connectivity index (χ4n) is 4.72. The van der Waals surface area contributed by atoms with E-state index in [1.54, 1.807) is 0 Å². The second-order valence-corrected chi connectivity index (χ2v) is 8.03. The van der Waals surface area contributed by atoms with Gasteiger partial charge in [-0.25, -0.2) is 0 Å². The van der Waals surface area contributed by atoms with E-state index in [4.69, 9.17) is 0 Å². The van der Waals surface area contributed by atoms with E-state index in [0.717, 1.165) is 18.5 Å². The van der Waals surface area contributed by atoms with Crippen LogP contribution in [0.2, 0.25) is 0 Å². The molecule has 122 valence electrons. The van der Waals surface area contributed by atoms with Crippen molar-refractivity contribution in [3.05, 3.63) is 0 Å². The van der Waals surface area contributed by atoms with Gasteiger partial charge in [-0.3, -0.25) is 4.90 Å². The Balaban J connectivity index is 1.53. The van der Waals surface area contributed by atoms with Gasteiger partial charge in [-0.15, -0.1) is 0 Å². The van der Waals surface area contributed by atoms with E-state index < -0.39 is 0 Å². The molecule has 1 saturated heterocycles. The molecule has 1 N–H and O–H groups in total. The summed E-state index contributed by atoms with van der Waals surface area (Å²) in [7, 11) is 0. The van der Waals surface area contributed by atoms with Crippen LogP contribution in [0.1, 0.15) is 52.4 Å². The Bertz CT molecular complexity index is 320. The third-order valence-corrected chi connectivity index (χ3v) is 5.96. The van der Waals surface area contributed by atoms with Crippen LogP contribution in [0, 0.1) is 11.3 Å². The molecule has 2 saturated carbocycles. The first-order valence-corrected chi connectivity index (χ1v) is 9.38. The summed E-state index contributed by atoms with van der Waals surface area (Å²) < 4.78 is 0. The highest BCUT2D eigenvalue weighted by Crippen LogP contribution is 2.40. The van der Waals surface area contributed by atoms with Gasteiger partial charge >= 0.3 is 0 Å². The molecule has 2 atom stereocenters. The number of piperazine rings is 1. The summed E-state index contributed by atoms with van der Waals surface area (Å²) in [6, 6.07) is 0.956. The van der Waals surface area contributed by atoms with Gasteiger partial charge in [-0.1, -0.05) is 26.7 Å². The Kier molecular flexibility index (Phi) is 5.23. The van der Waals surface area contributed by atoms with Crippen LogP contribution in [0.5, 0.6) is 0 Å². The lowest BCUT2D eigenvalue weighted by Crippen LogP contribution is -2.53. The third kappa shape index (κ3) is 4.20. The van der Waals surface area contributed by atoms with Crippen molar-refractivity contribution in [1.29, 1.82) is 0 Å². The van der Waals surface area contributed by atoms with Crippen LogP contribution in [0.4, 0.5) is 0 Å². The number of nitrogens with zero attached hydrogens (tertiary/aromatic N) is 2. The minimum absolute atomic E-state index is 0.551. The van der Waals surface area contributed by atoms with Crippen molar-refractivity contribution in [2.24, 2.45) is 11.3 Å². The average molecular weight is 293 g/mol. The Labute approximate surface area is 131 Å². The van der Waals surface area contributed by atoms with Crippen molar-refractivity contribution in [3.63, 3.8) is 0 Å². The Morgan fingerprint density at radius 3 is 2.48 bits per heavy atom. The minimum Gasteiger partial charge on any atom is -0.316 e. The molecule has 1 aliphatic heterocycles. The molecule has 0 bridgehead atoms. The second-order valence-electron chi connectivity index (χ2n) is 8.03. The molecule has 0 amide bonds. The predicted octanol–water partition coefficient (Wildman–Crippen LogP) is 2.57. The van der Waals surface area contributed by atoms with Gasteiger partial charge in [-0.05, 0) is 43.6 Å². The summed E-state index contributed by atoms with van der Waals surface area (Å²) in [6.07, 6.45) is 8.68. The van der Waals surface area contributed by atoms with Gasteiger partial charge in [0.1, 0.15) is 0 Å². The highest BCUT2D eigenvalue weighted by Gasteiger charge is 2.38. The van der Waals surface area contributed by atoms with E-state index in [-0.39, 0.29) is 0 Å². The summed E-state index contributed by atoms with van der Waals surface area (Å²) in [5.41, 5.74) is 0.551. The van der Waals surface area contributed by atoms with Gasteiger partial charge in [0.25, 0.3) is 0 Å². The zero-order valence-electron chi connectivity index (χ0n) is 14.2. The molecular weight excluding hydrogens is 258 g/mol. The molecule has 3 rings (SSSR count). The van der Waals surface area contributed by atoms with Crippen LogP contribution in [0.15, 0.2) is 0 Å². The van der Waals surface area contributed by atoms with Crippen molar-refractivity contribution in [3.8, 4) is 0 Å². The van der Waals surface area contributed by atoms with E-state index in [9.17, 15) is 0 Å². The smallest absolute Gasteiger partial charge is 0.0113 e. The third-order valence-electron chi connectivity index (χ3n) is 5.96. The van der Waals surface area contributed by atoms with E-state index in [1.807, 2.05) is 0 Å². The summed E-state index contributed by atoms with van der Waals surface area (Å²) in [5, 5.41) is 3.67. The summed E-state index contributed by atoms with van der Waals surface area (Å²) >= 11 is 0. The maximum atomic E-state index is 3.67. The lowest BCUT2D eigenvalue weighted by molar-refractivity contribution is 0.0475. The normalized spacial score (nSPS) is 36.0. The number of rotatable bonds is 6. The zero-order valence-corrected chi connectivity index (χ0v) is 14.2. The Morgan fingerprint density at radius 2 is 1.86 bits per heavy atom. The SMILES string of the molecule is CCNCC1(CN2CCN(C3CC3)CC2)CCCC(C)C1. The zero-order chi connectivity index (χ0) is 14.7. The molecule has 2 unspecified atom stereocenters. The highest BCUT2D eigenvalue weighted by atomic mass is 15.3. The van der Waals surface area contributed by atoms with Crippen molar-refractivity contribution in [2.75, 3.05) is 45.8 Å². The summed E-state index contributed by atoms with van der Waals surface area (Å²) in [5.74, 6) is 0.921. The fourth-order valence-corrected chi connectivity index (χ4v) is 4.72. The van der Waals surface area contributed by atoms with E-state index in [0.29, 0.717) is 5.41 Å². The van der Waals surface area contributed by atoms with Crippen molar-refractivity contribution < 1.29 is 0 Å². The van der Waals surface area contributed by atoms with Gasteiger partial charge in [0, 0.05) is 45.3 Å². The number of nitrogens with one attached hydrogen (secondary N) is 1. The van der Waals surface area contributed by atoms with E-state index in [2.05, 4.69) is 29.0 Å². The lowest BCUT2D eigenvalue weighted by Gasteiger charge is -2.45. The maximum absolute atomic E-state index is 3.67. The average Bonchev–Trinajstić information content (AvgIpc) is 3.31. The molecule has 3 nitrogen and oxygen atoms in total. The van der Waals surface area contributed by atoms with Crippen LogP contribution in [0.3, 0.4) is 0 Å². The minimum atomic E-state index is 0.551. The quantitative estimate of drug-likeness (QED) is 0.812. The molecule has 0 spiro atoms. The van der Waals surface area contributed by atoms with Crippen LogP contribution in [-0.2, 0) is 0 Å². The predicted molar refractivity (Wildman–Crippen MR) is 89.6 cm³/mol. The van der Waals surface area contributed by atoms with Gasteiger partial charge in [0.15, 0.2) is 0 Å². The molecule has 0 radical (unpaired) electrons. The van der Waals surface area contributed by atoms with Crippen LogP contribution < -0.4 is 5.32 Å². The Hall–Kier alpha value is -0.120. The summed E-state index contributed by atoms with van der Waals surface area (Å²) in [4.78, 5) is 5.51. The molecule has 3 aliphatic rings. The van der Waals surface area contributed by atoms with Crippen molar-refractivity contribution in [2.45, 2.75) is 58.4 Å². The largest absolute Gasteiger partial charge is 0.316 e. The first-order chi connectivity index (χ1) is 10.2. The fraction of sp³-hybridized carbons (Fsp3) is 1.00. The van der Waals surface area contributed by atoms with Gasteiger partial charge in [-0.2, -0.15) is 0 Å². The van der Waals surface area contributed by atoms with Crippen LogP contribution in [0.25, 0.3) is 0 Å². The maximum Gasteiger partial charge on any atom is 0.0113 e.